The van der Waals surface area contributed by atoms with Gasteiger partial charge in [0.15, 0.2) is 0 Å². The van der Waals surface area contributed by atoms with E-state index in [1.165, 1.54) is 25.8 Å². The van der Waals surface area contributed by atoms with Crippen LogP contribution in [0.25, 0.3) is 4.91 Å². The Kier molecular flexibility index (Phi) is 4.16. The molecule has 0 atom stereocenters. The van der Waals surface area contributed by atoms with E-state index in [-0.39, 0.29) is 11.4 Å². The number of carbonyl (C=O) groups excluding carboxylic acids is 1. The summed E-state index contributed by atoms with van der Waals surface area (Å²) in [5.41, 5.74) is 4.03. The first-order chi connectivity index (χ1) is 9.99. The Morgan fingerprint density at radius 3 is 2.90 bits per heavy atom. The van der Waals surface area contributed by atoms with Crippen LogP contribution in [0.4, 0.5) is 0 Å². The van der Waals surface area contributed by atoms with Gasteiger partial charge in [0.05, 0.1) is 10.8 Å². The van der Waals surface area contributed by atoms with Crippen LogP contribution in [0, 0.1) is 5.41 Å². The molecule has 114 valence electrons. The Bertz CT molecular complexity index is 631. The van der Waals surface area contributed by atoms with Crippen molar-refractivity contribution >= 4 is 45.9 Å². The summed E-state index contributed by atoms with van der Waals surface area (Å²) in [6, 6.07) is 0. The summed E-state index contributed by atoms with van der Waals surface area (Å²) in [5, 5.41) is 0. The Morgan fingerprint density at radius 1 is 1.48 bits per heavy atom. The number of thiophene rings is 1. The maximum atomic E-state index is 12.3. The molecule has 1 aliphatic heterocycles. The molecule has 1 N–H and O–H groups in total. The van der Waals surface area contributed by atoms with Crippen LogP contribution < -0.4 is 4.72 Å². The van der Waals surface area contributed by atoms with E-state index in [0.717, 1.165) is 17.8 Å². The van der Waals surface area contributed by atoms with Gasteiger partial charge in [0.25, 0.3) is 0 Å². The molecule has 3 nitrogen and oxygen atoms in total. The molecular weight excluding hydrogens is 322 g/mol. The van der Waals surface area contributed by atoms with Crippen LogP contribution in [0.5, 0.6) is 0 Å². The maximum Gasteiger partial charge on any atom is 0.348 e. The summed E-state index contributed by atoms with van der Waals surface area (Å²) in [4.78, 5) is 14.4. The number of nitrogens with one attached hydrogen (secondary N) is 1. The van der Waals surface area contributed by atoms with Crippen LogP contribution in [0.1, 0.15) is 41.6 Å². The van der Waals surface area contributed by atoms with Crippen molar-refractivity contribution < 1.29 is 9.53 Å². The second kappa shape index (κ2) is 5.65. The van der Waals surface area contributed by atoms with E-state index in [4.69, 9.17) is 4.74 Å². The molecule has 0 amide bonds. The van der Waals surface area contributed by atoms with Crippen LogP contribution in [0.2, 0.25) is 0 Å². The molecule has 0 saturated heterocycles. The fourth-order valence-electron chi connectivity index (χ4n) is 2.97. The van der Waals surface area contributed by atoms with Crippen molar-refractivity contribution in [3.63, 3.8) is 0 Å². The lowest BCUT2D eigenvalue weighted by molar-refractivity contribution is 0.0530. The zero-order valence-electron chi connectivity index (χ0n) is 12.7. The average molecular weight is 342 g/mol. The van der Waals surface area contributed by atoms with E-state index < -0.39 is 0 Å². The molecule has 1 aliphatic carbocycles. The quantitative estimate of drug-likeness (QED) is 0.507. The van der Waals surface area contributed by atoms with E-state index in [9.17, 15) is 4.79 Å². The number of esters is 1. The minimum absolute atomic E-state index is 0.0941. The fourth-order valence-corrected chi connectivity index (χ4v) is 6.22. The highest BCUT2D eigenvalue weighted by Gasteiger charge is 2.40. The van der Waals surface area contributed by atoms with Crippen molar-refractivity contribution in [1.82, 2.24) is 4.72 Å². The zero-order valence-corrected chi connectivity index (χ0v) is 15.1. The maximum absolute atomic E-state index is 12.3. The van der Waals surface area contributed by atoms with Gasteiger partial charge in [-0.25, -0.2) is 4.79 Å². The molecule has 1 aromatic heterocycles. The summed E-state index contributed by atoms with van der Waals surface area (Å²) < 4.78 is 9.88. The monoisotopic (exact) mass is 341 g/mol. The van der Waals surface area contributed by atoms with Gasteiger partial charge >= 0.3 is 5.97 Å². The van der Waals surface area contributed by atoms with E-state index in [1.54, 1.807) is 35.0 Å². The van der Waals surface area contributed by atoms with Gasteiger partial charge in [-0.3, -0.25) is 4.72 Å². The second-order valence-corrected chi connectivity index (χ2v) is 8.78. The molecular formula is C15H19NO2S3. The van der Waals surface area contributed by atoms with Crippen LogP contribution in [-0.4, -0.2) is 25.4 Å². The van der Waals surface area contributed by atoms with Gasteiger partial charge in [-0.15, -0.1) is 23.1 Å². The summed E-state index contributed by atoms with van der Waals surface area (Å²) in [6.07, 6.45) is 2.99. The summed E-state index contributed by atoms with van der Waals surface area (Å²) in [5.74, 6) is -0.171. The summed E-state index contributed by atoms with van der Waals surface area (Å²) >= 11 is 5.02. The highest BCUT2D eigenvalue weighted by molar-refractivity contribution is 8.07. The van der Waals surface area contributed by atoms with E-state index in [1.807, 2.05) is 6.92 Å². The minimum Gasteiger partial charge on any atom is -0.462 e. The highest BCUT2D eigenvalue weighted by atomic mass is 32.2. The molecule has 0 bridgehead atoms. The molecule has 0 aromatic carbocycles. The number of ether oxygens (including phenoxy) is 1. The summed E-state index contributed by atoms with van der Waals surface area (Å²) in [7, 11) is 0. The van der Waals surface area contributed by atoms with Gasteiger partial charge in [-0.2, -0.15) is 0 Å². The molecule has 1 aromatic rings. The molecule has 2 aliphatic rings. The number of hydrogen-bond acceptors (Lipinski definition) is 6. The molecule has 6 heteroatoms. The van der Waals surface area contributed by atoms with Gasteiger partial charge in [-0.05, 0) is 48.1 Å². The molecule has 0 saturated carbocycles. The Balaban J connectivity index is 2.18. The van der Waals surface area contributed by atoms with Crippen molar-refractivity contribution in [2.24, 2.45) is 5.41 Å². The smallest absolute Gasteiger partial charge is 0.348 e. The van der Waals surface area contributed by atoms with Gasteiger partial charge in [0.2, 0.25) is 0 Å². The molecule has 0 radical (unpaired) electrons. The predicted octanol–water partition coefficient (Wildman–Crippen LogP) is 4.19. The summed E-state index contributed by atoms with van der Waals surface area (Å²) in [6.45, 7) is 7.75. The third-order valence-corrected chi connectivity index (χ3v) is 7.26. The van der Waals surface area contributed by atoms with Crippen LogP contribution in [-0.2, 0) is 11.2 Å². The van der Waals surface area contributed by atoms with Gasteiger partial charge in [-0.1, -0.05) is 13.8 Å². The van der Waals surface area contributed by atoms with Crippen molar-refractivity contribution in [3.05, 3.63) is 21.6 Å². The minimum atomic E-state index is -0.171. The first-order valence-corrected chi connectivity index (χ1v) is 9.85. The second-order valence-electron chi connectivity index (χ2n) is 5.79. The highest BCUT2D eigenvalue weighted by Crippen LogP contribution is 2.54. The number of hydrogen-bond donors (Lipinski definition) is 1. The number of carbonyl (C=O) groups is 1. The third kappa shape index (κ3) is 2.46. The van der Waals surface area contributed by atoms with Gasteiger partial charge in [0, 0.05) is 17.0 Å². The number of thioether (sulfide) groups is 1. The first-order valence-electron chi connectivity index (χ1n) is 7.00. The van der Waals surface area contributed by atoms with E-state index in [0.29, 0.717) is 6.61 Å². The standard InChI is InChI=1S/C15H19NO2S3/c1-5-18-13(17)11-8-6-15(2,3)9-7-16-21-12(9)10(8)14(19-4)20-11/h16H,5-7H2,1-4H3. The molecule has 2 heterocycles. The van der Waals surface area contributed by atoms with E-state index in [2.05, 4.69) is 24.8 Å². The third-order valence-electron chi connectivity index (χ3n) is 3.98. The Morgan fingerprint density at radius 2 is 2.24 bits per heavy atom. The predicted molar refractivity (Wildman–Crippen MR) is 92.1 cm³/mol. The lowest BCUT2D eigenvalue weighted by Gasteiger charge is -2.32. The van der Waals surface area contributed by atoms with Crippen molar-refractivity contribution in [1.29, 1.82) is 0 Å². The molecule has 3 rings (SSSR count). The number of rotatable bonds is 3. The number of fused-ring (bicyclic) bond motifs is 2. The van der Waals surface area contributed by atoms with Crippen molar-refractivity contribution in [2.75, 3.05) is 19.4 Å². The van der Waals surface area contributed by atoms with Gasteiger partial charge < -0.3 is 4.74 Å². The largest absolute Gasteiger partial charge is 0.462 e. The van der Waals surface area contributed by atoms with Crippen molar-refractivity contribution in [2.45, 2.75) is 31.4 Å². The first kappa shape index (κ1) is 15.5. The van der Waals surface area contributed by atoms with Crippen LogP contribution in [0.3, 0.4) is 0 Å². The molecule has 0 unspecified atom stereocenters. The van der Waals surface area contributed by atoms with Gasteiger partial charge in [0.1, 0.15) is 4.88 Å². The average Bonchev–Trinajstić information content (AvgIpc) is 3.02. The molecule has 0 spiro atoms. The lowest BCUT2D eigenvalue weighted by atomic mass is 9.73. The Labute approximate surface area is 138 Å². The normalized spacial score (nSPS) is 19.4. The van der Waals surface area contributed by atoms with Crippen LogP contribution >= 0.6 is 35.0 Å². The fraction of sp³-hybridized carbons (Fsp3) is 0.533. The lowest BCUT2D eigenvalue weighted by Crippen LogP contribution is -2.25. The molecule has 21 heavy (non-hydrogen) atoms. The van der Waals surface area contributed by atoms with E-state index >= 15 is 0 Å². The SMILES string of the molecule is CCOC(=O)c1sc(SC)c2c1CC(C)(C)C1=C2SNC1. The Hall–Kier alpha value is -0.430. The zero-order chi connectivity index (χ0) is 15.2. The van der Waals surface area contributed by atoms with Crippen LogP contribution in [0.15, 0.2) is 9.78 Å². The topological polar surface area (TPSA) is 38.3 Å². The van der Waals surface area contributed by atoms with Crippen molar-refractivity contribution in [3.8, 4) is 0 Å². The molecule has 0 fully saturated rings.